The molecule has 0 bridgehead atoms. The monoisotopic (exact) mass is 334 g/mol. The number of nitrogens with one attached hydrogen (secondary N) is 1. The van der Waals surface area contributed by atoms with Crippen LogP contribution in [0.4, 0.5) is 0 Å². The lowest BCUT2D eigenvalue weighted by molar-refractivity contribution is 0.0949. The van der Waals surface area contributed by atoms with E-state index in [1.165, 1.54) is 11.3 Å². The van der Waals surface area contributed by atoms with Crippen molar-refractivity contribution in [3.63, 3.8) is 0 Å². The predicted molar refractivity (Wildman–Crippen MR) is 91.8 cm³/mol. The van der Waals surface area contributed by atoms with Crippen LogP contribution >= 0.6 is 11.3 Å². The molecule has 2 rings (SSSR count). The number of hydrogen-bond donors (Lipinski definition) is 1. The zero-order chi connectivity index (χ0) is 16.8. The second kappa shape index (κ2) is 7.97. The molecule has 0 aliphatic carbocycles. The zero-order valence-electron chi connectivity index (χ0n) is 13.9. The third-order valence-electron chi connectivity index (χ3n) is 3.40. The van der Waals surface area contributed by atoms with Crippen molar-refractivity contribution >= 4 is 17.2 Å². The number of methoxy groups -OCH3 is 2. The topological polar surface area (TPSA) is 60.5 Å². The van der Waals surface area contributed by atoms with Gasteiger partial charge in [-0.2, -0.15) is 0 Å². The summed E-state index contributed by atoms with van der Waals surface area (Å²) in [5.74, 6) is 1.60. The van der Waals surface area contributed by atoms with Crippen molar-refractivity contribution in [2.24, 2.45) is 0 Å². The van der Waals surface area contributed by atoms with E-state index in [0.29, 0.717) is 36.1 Å². The van der Waals surface area contributed by atoms with E-state index in [2.05, 4.69) is 24.1 Å². The fraction of sp³-hybridized carbons (Fsp3) is 0.412. The minimum atomic E-state index is -0.131. The van der Waals surface area contributed by atoms with Gasteiger partial charge in [0.05, 0.1) is 19.2 Å². The van der Waals surface area contributed by atoms with Crippen molar-refractivity contribution in [3.8, 4) is 11.5 Å². The third kappa shape index (κ3) is 4.45. The quantitative estimate of drug-likeness (QED) is 0.844. The van der Waals surface area contributed by atoms with E-state index in [4.69, 9.17) is 9.47 Å². The average Bonchev–Trinajstić information content (AvgIpc) is 3.05. The van der Waals surface area contributed by atoms with E-state index in [-0.39, 0.29) is 5.91 Å². The Bertz CT molecular complexity index is 668. The molecule has 0 unspecified atom stereocenters. The van der Waals surface area contributed by atoms with Crippen LogP contribution in [0, 0.1) is 0 Å². The minimum absolute atomic E-state index is 0.131. The number of hydrogen-bond acceptors (Lipinski definition) is 5. The molecular weight excluding hydrogens is 312 g/mol. The highest BCUT2D eigenvalue weighted by Crippen LogP contribution is 2.27. The van der Waals surface area contributed by atoms with Gasteiger partial charge in [0, 0.05) is 17.8 Å². The maximum Gasteiger partial charge on any atom is 0.270 e. The van der Waals surface area contributed by atoms with Crippen LogP contribution in [-0.4, -0.2) is 31.7 Å². The van der Waals surface area contributed by atoms with Crippen molar-refractivity contribution in [2.75, 3.05) is 20.8 Å². The molecule has 1 aromatic heterocycles. The number of thiazole rings is 1. The Labute approximate surface area is 140 Å². The number of carbonyl (C=O) groups excluding carboxylic acids is 1. The molecule has 2 aromatic rings. The van der Waals surface area contributed by atoms with Crippen LogP contribution in [0.25, 0.3) is 0 Å². The lowest BCUT2D eigenvalue weighted by Crippen LogP contribution is -2.26. The molecule has 0 atom stereocenters. The second-order valence-corrected chi connectivity index (χ2v) is 6.31. The van der Waals surface area contributed by atoms with E-state index < -0.39 is 0 Å². The largest absolute Gasteiger partial charge is 0.493 e. The summed E-state index contributed by atoms with van der Waals surface area (Å²) in [5.41, 5.74) is 1.56. The van der Waals surface area contributed by atoms with Crippen LogP contribution in [0.2, 0.25) is 0 Å². The first kappa shape index (κ1) is 17.3. The standard InChI is InChI=1S/C17H22N2O3S/c1-11(2)17-19-13(10-23-17)16(20)18-8-7-12-5-6-14(21-3)15(9-12)22-4/h5-6,9-11H,7-8H2,1-4H3,(H,18,20). The Morgan fingerprint density at radius 1 is 1.26 bits per heavy atom. The maximum absolute atomic E-state index is 12.1. The molecule has 1 heterocycles. The van der Waals surface area contributed by atoms with Crippen LogP contribution in [-0.2, 0) is 6.42 Å². The van der Waals surface area contributed by atoms with E-state index in [1.807, 2.05) is 18.2 Å². The number of nitrogens with zero attached hydrogens (tertiary/aromatic N) is 1. The van der Waals surface area contributed by atoms with Crippen molar-refractivity contribution in [3.05, 3.63) is 39.8 Å². The summed E-state index contributed by atoms with van der Waals surface area (Å²) >= 11 is 1.52. The van der Waals surface area contributed by atoms with Gasteiger partial charge in [0.15, 0.2) is 11.5 Å². The van der Waals surface area contributed by atoms with Gasteiger partial charge in [-0.3, -0.25) is 4.79 Å². The van der Waals surface area contributed by atoms with Crippen LogP contribution in [0.15, 0.2) is 23.6 Å². The van der Waals surface area contributed by atoms with Gasteiger partial charge in [-0.25, -0.2) is 4.98 Å². The fourth-order valence-corrected chi connectivity index (χ4v) is 2.92. The zero-order valence-corrected chi connectivity index (χ0v) is 14.7. The molecule has 0 saturated carbocycles. The number of carbonyl (C=O) groups is 1. The highest BCUT2D eigenvalue weighted by Gasteiger charge is 2.12. The Morgan fingerprint density at radius 2 is 2.00 bits per heavy atom. The summed E-state index contributed by atoms with van der Waals surface area (Å²) < 4.78 is 10.5. The number of amides is 1. The molecule has 0 aliphatic rings. The average molecular weight is 334 g/mol. The molecule has 0 fully saturated rings. The summed E-state index contributed by atoms with van der Waals surface area (Å²) in [6.07, 6.45) is 0.716. The molecule has 0 saturated heterocycles. The van der Waals surface area contributed by atoms with Gasteiger partial charge in [0.2, 0.25) is 0 Å². The Morgan fingerprint density at radius 3 is 2.61 bits per heavy atom. The van der Waals surface area contributed by atoms with Crippen LogP contribution in [0.1, 0.15) is 40.8 Å². The summed E-state index contributed by atoms with van der Waals surface area (Å²) in [5, 5.41) is 5.69. The summed E-state index contributed by atoms with van der Waals surface area (Å²) in [4.78, 5) is 16.4. The summed E-state index contributed by atoms with van der Waals surface area (Å²) in [6, 6.07) is 5.75. The SMILES string of the molecule is COc1ccc(CCNC(=O)c2csc(C(C)C)n2)cc1OC. The lowest BCUT2D eigenvalue weighted by Gasteiger charge is -2.09. The van der Waals surface area contributed by atoms with Crippen LogP contribution in [0.3, 0.4) is 0 Å². The van der Waals surface area contributed by atoms with Crippen molar-refractivity contribution in [1.29, 1.82) is 0 Å². The number of rotatable bonds is 7. The first-order chi connectivity index (χ1) is 11.0. The molecule has 1 N–H and O–H groups in total. The third-order valence-corrected chi connectivity index (χ3v) is 4.54. The Balaban J connectivity index is 1.90. The molecule has 0 spiro atoms. The van der Waals surface area contributed by atoms with Gasteiger partial charge in [-0.15, -0.1) is 11.3 Å². The van der Waals surface area contributed by atoms with Gasteiger partial charge < -0.3 is 14.8 Å². The molecule has 5 nitrogen and oxygen atoms in total. The van der Waals surface area contributed by atoms with Gasteiger partial charge in [-0.1, -0.05) is 19.9 Å². The van der Waals surface area contributed by atoms with E-state index in [1.54, 1.807) is 19.6 Å². The minimum Gasteiger partial charge on any atom is -0.493 e. The molecule has 0 aliphatic heterocycles. The molecule has 23 heavy (non-hydrogen) atoms. The lowest BCUT2D eigenvalue weighted by atomic mass is 10.1. The van der Waals surface area contributed by atoms with Gasteiger partial charge in [0.1, 0.15) is 5.69 Å². The molecule has 6 heteroatoms. The maximum atomic E-state index is 12.1. The smallest absolute Gasteiger partial charge is 0.270 e. The number of aromatic nitrogens is 1. The number of ether oxygens (including phenoxy) is 2. The van der Waals surface area contributed by atoms with E-state index in [9.17, 15) is 4.79 Å². The normalized spacial score (nSPS) is 10.7. The molecule has 0 radical (unpaired) electrons. The van der Waals surface area contributed by atoms with Crippen molar-refractivity contribution < 1.29 is 14.3 Å². The van der Waals surface area contributed by atoms with Crippen LogP contribution < -0.4 is 14.8 Å². The summed E-state index contributed by atoms with van der Waals surface area (Å²) in [6.45, 7) is 4.68. The number of benzene rings is 1. The van der Waals surface area contributed by atoms with E-state index in [0.717, 1.165) is 10.6 Å². The highest BCUT2D eigenvalue weighted by atomic mass is 32.1. The highest BCUT2D eigenvalue weighted by molar-refractivity contribution is 7.09. The summed E-state index contributed by atoms with van der Waals surface area (Å²) in [7, 11) is 3.22. The van der Waals surface area contributed by atoms with Gasteiger partial charge in [0.25, 0.3) is 5.91 Å². The second-order valence-electron chi connectivity index (χ2n) is 5.42. The molecule has 1 aromatic carbocycles. The first-order valence-corrected chi connectivity index (χ1v) is 8.37. The fourth-order valence-electron chi connectivity index (χ4n) is 2.10. The van der Waals surface area contributed by atoms with Crippen molar-refractivity contribution in [1.82, 2.24) is 10.3 Å². The van der Waals surface area contributed by atoms with Crippen molar-refractivity contribution in [2.45, 2.75) is 26.2 Å². The molecule has 1 amide bonds. The Hall–Kier alpha value is -2.08. The van der Waals surface area contributed by atoms with Gasteiger partial charge >= 0.3 is 0 Å². The Kier molecular flexibility index (Phi) is 5.98. The van der Waals surface area contributed by atoms with Crippen LogP contribution in [0.5, 0.6) is 11.5 Å². The first-order valence-electron chi connectivity index (χ1n) is 7.49. The van der Waals surface area contributed by atoms with E-state index >= 15 is 0 Å². The molecular formula is C17H22N2O3S. The van der Waals surface area contributed by atoms with Gasteiger partial charge in [-0.05, 0) is 24.1 Å². The predicted octanol–water partition coefficient (Wildman–Crippen LogP) is 3.26. The molecule has 124 valence electrons.